The third kappa shape index (κ3) is 11.9. The molecule has 38 heavy (non-hydrogen) atoms. The second-order valence-corrected chi connectivity index (χ2v) is 9.30. The summed E-state index contributed by atoms with van der Waals surface area (Å²) in [6.45, 7) is 0. The van der Waals surface area contributed by atoms with E-state index in [2.05, 4.69) is 16.0 Å². The normalized spacial score (nSPS) is 13.8. The van der Waals surface area contributed by atoms with Crippen molar-refractivity contribution in [3.05, 3.63) is 29.8 Å². The van der Waals surface area contributed by atoms with Gasteiger partial charge in [0.05, 0.1) is 12.5 Å². The zero-order chi connectivity index (χ0) is 28.8. The van der Waals surface area contributed by atoms with Gasteiger partial charge in [-0.05, 0) is 42.5 Å². The first-order valence-electron chi connectivity index (χ1n) is 11.4. The van der Waals surface area contributed by atoms with Crippen molar-refractivity contribution >= 4 is 47.4 Å². The second-order valence-electron chi connectivity index (χ2n) is 8.31. The number of phenols is 1. The number of carboxylic acid groups (broad SMARTS) is 3. The molecular weight excluding hydrogens is 524 g/mol. The van der Waals surface area contributed by atoms with Crippen LogP contribution in [0.4, 0.5) is 0 Å². The Balaban J connectivity index is 3.13. The Labute approximate surface area is 222 Å². The van der Waals surface area contributed by atoms with Crippen molar-refractivity contribution in [2.24, 2.45) is 5.73 Å². The van der Waals surface area contributed by atoms with Gasteiger partial charge in [-0.15, -0.1) is 0 Å². The molecule has 0 aliphatic carbocycles. The first-order chi connectivity index (χ1) is 17.8. The molecular formula is C23H32N4O10S. The van der Waals surface area contributed by atoms with Crippen LogP contribution in [0.3, 0.4) is 0 Å². The number of thioether (sulfide) groups is 1. The van der Waals surface area contributed by atoms with Gasteiger partial charge < -0.3 is 42.1 Å². The lowest BCUT2D eigenvalue weighted by atomic mass is 10.0. The molecule has 0 aromatic heterocycles. The Morgan fingerprint density at radius 3 is 1.89 bits per heavy atom. The molecule has 0 heterocycles. The molecule has 15 heteroatoms. The van der Waals surface area contributed by atoms with Crippen LogP contribution in [0.2, 0.25) is 0 Å². The number of carboxylic acids is 3. The summed E-state index contributed by atoms with van der Waals surface area (Å²) in [6, 6.07) is 0.00197. The van der Waals surface area contributed by atoms with E-state index in [9.17, 15) is 44.1 Å². The molecule has 1 aromatic rings. The lowest BCUT2D eigenvalue weighted by Gasteiger charge is -2.25. The third-order valence-corrected chi connectivity index (χ3v) is 5.90. The van der Waals surface area contributed by atoms with E-state index in [0.717, 1.165) is 0 Å². The summed E-state index contributed by atoms with van der Waals surface area (Å²) in [5.74, 6) is -6.44. The SMILES string of the molecule is CSCCC(NC(=O)C(Cc1ccc(O)cc1)NC(=O)C(CC(=O)O)NC(=O)C(N)CCC(=O)O)C(=O)O. The predicted molar refractivity (Wildman–Crippen MR) is 135 cm³/mol. The number of nitrogens with one attached hydrogen (secondary N) is 3. The van der Waals surface area contributed by atoms with E-state index in [4.69, 9.17) is 10.8 Å². The second kappa shape index (κ2) is 16.1. The number of benzene rings is 1. The minimum absolute atomic E-state index is 0.0507. The third-order valence-electron chi connectivity index (χ3n) is 5.25. The van der Waals surface area contributed by atoms with Gasteiger partial charge >= 0.3 is 17.9 Å². The van der Waals surface area contributed by atoms with Crippen molar-refractivity contribution in [1.29, 1.82) is 0 Å². The number of hydrogen-bond acceptors (Lipinski definition) is 9. The van der Waals surface area contributed by atoms with Gasteiger partial charge in [0.25, 0.3) is 0 Å². The summed E-state index contributed by atoms with van der Waals surface area (Å²) in [5, 5.41) is 43.8. The molecule has 210 valence electrons. The Morgan fingerprint density at radius 2 is 1.37 bits per heavy atom. The van der Waals surface area contributed by atoms with Crippen LogP contribution in [0.1, 0.15) is 31.2 Å². The summed E-state index contributed by atoms with van der Waals surface area (Å²) < 4.78 is 0. The lowest BCUT2D eigenvalue weighted by molar-refractivity contribution is -0.143. The molecule has 0 saturated carbocycles. The highest BCUT2D eigenvalue weighted by Crippen LogP contribution is 2.12. The van der Waals surface area contributed by atoms with Gasteiger partial charge in [0, 0.05) is 12.8 Å². The molecule has 0 fully saturated rings. The average molecular weight is 557 g/mol. The Morgan fingerprint density at radius 1 is 0.816 bits per heavy atom. The molecule has 1 rings (SSSR count). The van der Waals surface area contributed by atoms with E-state index in [-0.39, 0.29) is 25.0 Å². The minimum atomic E-state index is -1.67. The van der Waals surface area contributed by atoms with Crippen molar-refractivity contribution in [3.8, 4) is 5.75 Å². The average Bonchev–Trinajstić information content (AvgIpc) is 2.84. The van der Waals surface area contributed by atoms with Gasteiger partial charge in [-0.3, -0.25) is 24.0 Å². The fourth-order valence-corrected chi connectivity index (χ4v) is 3.66. The molecule has 14 nitrogen and oxygen atoms in total. The van der Waals surface area contributed by atoms with E-state index < -0.39 is 72.6 Å². The molecule has 9 N–H and O–H groups in total. The molecule has 0 saturated heterocycles. The standard InChI is InChI=1S/C23H32N4O10S/c1-38-9-8-15(23(36)37)25-21(34)16(10-12-2-4-13(28)5-3-12)27-22(35)17(11-19(31)32)26-20(33)14(24)6-7-18(29)30/h2-5,14-17,28H,6-11,24H2,1H3,(H,25,34)(H,26,33)(H,27,35)(H,29,30)(H,31,32)(H,36,37). The van der Waals surface area contributed by atoms with Crippen LogP contribution in [-0.4, -0.2) is 92.2 Å². The Kier molecular flexibility index (Phi) is 13.6. The van der Waals surface area contributed by atoms with E-state index in [1.54, 1.807) is 6.26 Å². The van der Waals surface area contributed by atoms with Crippen LogP contribution < -0.4 is 21.7 Å². The van der Waals surface area contributed by atoms with Crippen molar-refractivity contribution in [3.63, 3.8) is 0 Å². The van der Waals surface area contributed by atoms with Crippen LogP contribution >= 0.6 is 11.8 Å². The number of nitrogens with two attached hydrogens (primary N) is 1. The van der Waals surface area contributed by atoms with Crippen molar-refractivity contribution in [2.75, 3.05) is 12.0 Å². The summed E-state index contributed by atoms with van der Waals surface area (Å²) in [7, 11) is 0. The van der Waals surface area contributed by atoms with Crippen LogP contribution in [0, 0.1) is 0 Å². The quantitative estimate of drug-likeness (QED) is 0.114. The number of carbonyl (C=O) groups excluding carboxylic acids is 3. The molecule has 4 unspecified atom stereocenters. The largest absolute Gasteiger partial charge is 0.508 e. The summed E-state index contributed by atoms with van der Waals surface area (Å²) in [4.78, 5) is 72.0. The van der Waals surface area contributed by atoms with Crippen LogP contribution in [0.15, 0.2) is 24.3 Å². The highest BCUT2D eigenvalue weighted by Gasteiger charge is 2.31. The highest BCUT2D eigenvalue weighted by molar-refractivity contribution is 7.98. The van der Waals surface area contributed by atoms with Crippen molar-refractivity contribution in [1.82, 2.24) is 16.0 Å². The number of phenolic OH excluding ortho intramolecular Hbond substituents is 1. The summed E-state index contributed by atoms with van der Waals surface area (Å²) in [5.41, 5.74) is 6.12. The summed E-state index contributed by atoms with van der Waals surface area (Å²) in [6.07, 6.45) is 0.148. The molecule has 3 amide bonds. The van der Waals surface area contributed by atoms with E-state index in [0.29, 0.717) is 11.3 Å². The number of rotatable bonds is 17. The molecule has 0 radical (unpaired) electrons. The lowest BCUT2D eigenvalue weighted by Crippen LogP contribution is -2.58. The first-order valence-corrected chi connectivity index (χ1v) is 12.8. The fraction of sp³-hybridized carbons (Fsp3) is 0.478. The first kappa shape index (κ1) is 32.2. The number of hydrogen-bond donors (Lipinski definition) is 8. The van der Waals surface area contributed by atoms with Gasteiger partial charge in [0.15, 0.2) is 0 Å². The van der Waals surface area contributed by atoms with E-state index >= 15 is 0 Å². The number of amides is 3. The van der Waals surface area contributed by atoms with E-state index in [1.807, 2.05) is 0 Å². The maximum absolute atomic E-state index is 13.0. The maximum atomic E-state index is 13.0. The molecule has 0 bridgehead atoms. The van der Waals surface area contributed by atoms with Crippen LogP contribution in [0.25, 0.3) is 0 Å². The van der Waals surface area contributed by atoms with Crippen molar-refractivity contribution in [2.45, 2.75) is 56.3 Å². The monoisotopic (exact) mass is 556 g/mol. The number of carbonyl (C=O) groups is 6. The van der Waals surface area contributed by atoms with Gasteiger partial charge in [-0.2, -0.15) is 11.8 Å². The number of aliphatic carboxylic acids is 3. The molecule has 1 aromatic carbocycles. The molecule has 0 aliphatic heterocycles. The Hall–Kier alpha value is -3.85. The van der Waals surface area contributed by atoms with Crippen LogP contribution in [0.5, 0.6) is 5.75 Å². The van der Waals surface area contributed by atoms with Crippen molar-refractivity contribution < 1.29 is 49.2 Å². The van der Waals surface area contributed by atoms with Gasteiger partial charge in [-0.25, -0.2) is 4.79 Å². The number of aromatic hydroxyl groups is 1. The van der Waals surface area contributed by atoms with Gasteiger partial charge in [-0.1, -0.05) is 12.1 Å². The Bertz CT molecular complexity index is 1000. The molecule has 0 spiro atoms. The molecule has 4 atom stereocenters. The van der Waals surface area contributed by atoms with Gasteiger partial charge in [0.2, 0.25) is 17.7 Å². The van der Waals surface area contributed by atoms with Gasteiger partial charge in [0.1, 0.15) is 23.9 Å². The highest BCUT2D eigenvalue weighted by atomic mass is 32.2. The zero-order valence-electron chi connectivity index (χ0n) is 20.6. The van der Waals surface area contributed by atoms with Crippen LogP contribution in [-0.2, 0) is 35.2 Å². The zero-order valence-corrected chi connectivity index (χ0v) is 21.4. The fourth-order valence-electron chi connectivity index (χ4n) is 3.19. The predicted octanol–water partition coefficient (Wildman–Crippen LogP) is -1.11. The smallest absolute Gasteiger partial charge is 0.326 e. The van der Waals surface area contributed by atoms with E-state index in [1.165, 1.54) is 36.0 Å². The maximum Gasteiger partial charge on any atom is 0.326 e. The molecule has 0 aliphatic rings. The topological polar surface area (TPSA) is 245 Å². The summed E-state index contributed by atoms with van der Waals surface area (Å²) >= 11 is 1.37. The minimum Gasteiger partial charge on any atom is -0.508 e.